The molecule has 0 bridgehead atoms. The van der Waals surface area contributed by atoms with Crippen LogP contribution in [0.5, 0.6) is 0 Å². The average Bonchev–Trinajstić information content (AvgIpc) is 2.38. The predicted molar refractivity (Wildman–Crippen MR) is 76.2 cm³/mol. The SMILES string of the molecule is CCC(CC)C(Br)CNC(=O)c1ccc(=O)[nH]c1. The second-order valence-corrected chi connectivity index (χ2v) is 5.42. The van der Waals surface area contributed by atoms with Crippen LogP contribution < -0.4 is 10.9 Å². The van der Waals surface area contributed by atoms with Crippen LogP contribution in [0.4, 0.5) is 0 Å². The van der Waals surface area contributed by atoms with E-state index in [0.29, 0.717) is 18.0 Å². The Bertz CT molecular complexity index is 420. The molecule has 0 fully saturated rings. The van der Waals surface area contributed by atoms with Crippen LogP contribution in [0.15, 0.2) is 23.1 Å². The fraction of sp³-hybridized carbons (Fsp3) is 0.538. The lowest BCUT2D eigenvalue weighted by molar-refractivity contribution is 0.0951. The molecule has 18 heavy (non-hydrogen) atoms. The van der Waals surface area contributed by atoms with Crippen molar-refractivity contribution in [3.8, 4) is 0 Å². The Morgan fingerprint density at radius 3 is 2.56 bits per heavy atom. The van der Waals surface area contributed by atoms with Crippen molar-refractivity contribution in [3.63, 3.8) is 0 Å². The number of aromatic amines is 1. The largest absolute Gasteiger partial charge is 0.351 e. The first-order valence-electron chi connectivity index (χ1n) is 6.19. The molecular weight excluding hydrogens is 296 g/mol. The van der Waals surface area contributed by atoms with E-state index in [-0.39, 0.29) is 16.3 Å². The number of hydrogen-bond donors (Lipinski definition) is 2. The van der Waals surface area contributed by atoms with Crippen molar-refractivity contribution in [1.29, 1.82) is 0 Å². The number of halogens is 1. The summed E-state index contributed by atoms with van der Waals surface area (Å²) in [6, 6.07) is 2.87. The maximum Gasteiger partial charge on any atom is 0.252 e. The Kier molecular flexibility index (Phi) is 6.12. The molecule has 0 saturated carbocycles. The van der Waals surface area contributed by atoms with E-state index in [1.807, 2.05) is 0 Å². The molecule has 0 saturated heterocycles. The molecule has 5 heteroatoms. The zero-order valence-electron chi connectivity index (χ0n) is 10.7. The Morgan fingerprint density at radius 1 is 1.39 bits per heavy atom. The highest BCUT2D eigenvalue weighted by atomic mass is 79.9. The second kappa shape index (κ2) is 7.36. The fourth-order valence-corrected chi connectivity index (χ4v) is 2.72. The van der Waals surface area contributed by atoms with E-state index in [4.69, 9.17) is 0 Å². The van der Waals surface area contributed by atoms with Crippen LogP contribution in [0.3, 0.4) is 0 Å². The summed E-state index contributed by atoms with van der Waals surface area (Å²) in [4.78, 5) is 25.5. The normalized spacial score (nSPS) is 12.4. The highest BCUT2D eigenvalue weighted by molar-refractivity contribution is 9.09. The number of alkyl halides is 1. The lowest BCUT2D eigenvalue weighted by Gasteiger charge is -2.19. The number of aromatic nitrogens is 1. The van der Waals surface area contributed by atoms with Gasteiger partial charge >= 0.3 is 0 Å². The van der Waals surface area contributed by atoms with Gasteiger partial charge in [0.15, 0.2) is 0 Å². The number of rotatable bonds is 6. The summed E-state index contributed by atoms with van der Waals surface area (Å²) in [6.45, 7) is 4.88. The number of amides is 1. The van der Waals surface area contributed by atoms with Crippen molar-refractivity contribution in [2.75, 3.05) is 6.54 Å². The summed E-state index contributed by atoms with van der Waals surface area (Å²) in [6.07, 6.45) is 3.60. The van der Waals surface area contributed by atoms with Gasteiger partial charge in [0.25, 0.3) is 5.91 Å². The summed E-state index contributed by atoms with van der Waals surface area (Å²) in [7, 11) is 0. The number of nitrogens with one attached hydrogen (secondary N) is 2. The third-order valence-electron chi connectivity index (χ3n) is 3.06. The van der Waals surface area contributed by atoms with Crippen molar-refractivity contribution >= 4 is 21.8 Å². The molecule has 1 unspecified atom stereocenters. The standard InChI is InChI=1S/C13H19BrN2O2/c1-3-9(4-2)11(14)8-16-13(18)10-5-6-12(17)15-7-10/h5-7,9,11H,3-4,8H2,1-2H3,(H,15,17)(H,16,18). The molecule has 0 aromatic carbocycles. The first-order chi connectivity index (χ1) is 8.58. The fourth-order valence-electron chi connectivity index (χ4n) is 1.81. The van der Waals surface area contributed by atoms with Gasteiger partial charge in [-0.25, -0.2) is 0 Å². The van der Waals surface area contributed by atoms with Crippen LogP contribution in [0.2, 0.25) is 0 Å². The molecule has 1 rings (SSSR count). The van der Waals surface area contributed by atoms with E-state index in [1.165, 1.54) is 18.3 Å². The molecule has 4 nitrogen and oxygen atoms in total. The van der Waals surface area contributed by atoms with Gasteiger partial charge in [-0.3, -0.25) is 9.59 Å². The van der Waals surface area contributed by atoms with Gasteiger partial charge in [-0.2, -0.15) is 0 Å². The van der Waals surface area contributed by atoms with E-state index >= 15 is 0 Å². The summed E-state index contributed by atoms with van der Waals surface area (Å²) < 4.78 is 0. The molecule has 2 N–H and O–H groups in total. The van der Waals surface area contributed by atoms with Crippen LogP contribution >= 0.6 is 15.9 Å². The minimum Gasteiger partial charge on any atom is -0.351 e. The van der Waals surface area contributed by atoms with Gasteiger partial charge in [0, 0.05) is 23.6 Å². The van der Waals surface area contributed by atoms with Crippen molar-refractivity contribution in [2.24, 2.45) is 5.92 Å². The molecule has 0 aliphatic rings. The monoisotopic (exact) mass is 314 g/mol. The zero-order valence-corrected chi connectivity index (χ0v) is 12.3. The molecular formula is C13H19BrN2O2. The molecule has 1 aromatic heterocycles. The van der Waals surface area contributed by atoms with Crippen molar-refractivity contribution in [3.05, 3.63) is 34.2 Å². The first kappa shape index (κ1) is 15.0. The Hall–Kier alpha value is -1.10. The number of H-pyrrole nitrogens is 1. The number of carbonyl (C=O) groups excluding carboxylic acids is 1. The quantitative estimate of drug-likeness (QED) is 0.791. The molecule has 0 aliphatic carbocycles. The Morgan fingerprint density at radius 2 is 2.06 bits per heavy atom. The molecule has 0 aliphatic heterocycles. The highest BCUT2D eigenvalue weighted by Crippen LogP contribution is 2.19. The summed E-state index contributed by atoms with van der Waals surface area (Å²) >= 11 is 3.60. The van der Waals surface area contributed by atoms with Gasteiger partial charge in [0.2, 0.25) is 5.56 Å². The maximum atomic E-state index is 11.8. The summed E-state index contributed by atoms with van der Waals surface area (Å²) in [5.74, 6) is 0.391. The summed E-state index contributed by atoms with van der Waals surface area (Å²) in [5.41, 5.74) is 0.265. The van der Waals surface area contributed by atoms with Crippen LogP contribution in [0.25, 0.3) is 0 Å². The van der Waals surface area contributed by atoms with E-state index < -0.39 is 0 Å². The van der Waals surface area contributed by atoms with Gasteiger partial charge < -0.3 is 10.3 Å². The molecule has 0 radical (unpaired) electrons. The number of pyridine rings is 1. The first-order valence-corrected chi connectivity index (χ1v) is 7.11. The van der Waals surface area contributed by atoms with Crippen molar-refractivity contribution < 1.29 is 4.79 Å². The predicted octanol–water partition coefficient (Wildman–Crippen LogP) is 2.30. The Balaban J connectivity index is 2.51. The highest BCUT2D eigenvalue weighted by Gasteiger charge is 2.16. The van der Waals surface area contributed by atoms with E-state index in [9.17, 15) is 9.59 Å². The minimum atomic E-state index is -0.207. The van der Waals surface area contributed by atoms with Gasteiger partial charge in [0.1, 0.15) is 0 Å². The average molecular weight is 315 g/mol. The number of carbonyl (C=O) groups is 1. The smallest absolute Gasteiger partial charge is 0.252 e. The van der Waals surface area contributed by atoms with Crippen molar-refractivity contribution in [2.45, 2.75) is 31.5 Å². The van der Waals surface area contributed by atoms with Crippen molar-refractivity contribution in [1.82, 2.24) is 10.3 Å². The van der Waals surface area contributed by atoms with E-state index in [0.717, 1.165) is 12.8 Å². The Labute approximate surface area is 115 Å². The molecule has 0 spiro atoms. The van der Waals surface area contributed by atoms with Gasteiger partial charge in [-0.1, -0.05) is 42.6 Å². The molecule has 1 atom stereocenters. The minimum absolute atomic E-state index is 0.165. The molecule has 1 heterocycles. The maximum absolute atomic E-state index is 11.8. The van der Waals surface area contributed by atoms with Crippen LogP contribution in [-0.4, -0.2) is 22.3 Å². The van der Waals surface area contributed by atoms with Crippen LogP contribution in [0, 0.1) is 5.92 Å². The van der Waals surface area contributed by atoms with Crippen LogP contribution in [0.1, 0.15) is 37.0 Å². The van der Waals surface area contributed by atoms with Gasteiger partial charge in [0.05, 0.1) is 5.56 Å². The molecule has 1 amide bonds. The molecule has 1 aromatic rings. The summed E-state index contributed by atoms with van der Waals surface area (Å²) in [5, 5.41) is 2.86. The van der Waals surface area contributed by atoms with E-state index in [1.54, 1.807) is 0 Å². The topological polar surface area (TPSA) is 62.0 Å². The zero-order chi connectivity index (χ0) is 13.5. The van der Waals surface area contributed by atoms with E-state index in [2.05, 4.69) is 40.1 Å². The number of hydrogen-bond acceptors (Lipinski definition) is 2. The van der Waals surface area contributed by atoms with Gasteiger partial charge in [-0.15, -0.1) is 0 Å². The molecule has 100 valence electrons. The lowest BCUT2D eigenvalue weighted by atomic mass is 9.99. The van der Waals surface area contributed by atoms with Crippen LogP contribution in [-0.2, 0) is 0 Å². The third kappa shape index (κ3) is 4.29. The lowest BCUT2D eigenvalue weighted by Crippen LogP contribution is -2.33. The second-order valence-electron chi connectivity index (χ2n) is 4.24. The van der Waals surface area contributed by atoms with Gasteiger partial charge in [-0.05, 0) is 12.0 Å². The third-order valence-corrected chi connectivity index (χ3v) is 4.14.